The van der Waals surface area contributed by atoms with E-state index in [-0.39, 0.29) is 17.7 Å². The quantitative estimate of drug-likeness (QED) is 0.743. The Balaban J connectivity index is 2.16. The van der Waals surface area contributed by atoms with Crippen LogP contribution in [0.25, 0.3) is 0 Å². The van der Waals surface area contributed by atoms with Crippen LogP contribution in [0.5, 0.6) is 0 Å². The predicted molar refractivity (Wildman–Crippen MR) is 62.5 cm³/mol. The number of benzene rings is 1. The topological polar surface area (TPSA) is 26.3 Å². The lowest BCUT2D eigenvalue weighted by Gasteiger charge is -2.21. The second-order valence-electron chi connectivity index (χ2n) is 3.76. The number of aryl methyl sites for hydroxylation is 1. The van der Waals surface area contributed by atoms with E-state index in [0.717, 1.165) is 5.75 Å². The molecule has 1 saturated heterocycles. The van der Waals surface area contributed by atoms with E-state index < -0.39 is 0 Å². The van der Waals surface area contributed by atoms with Crippen LogP contribution in [0, 0.1) is 12.7 Å². The molecule has 0 saturated carbocycles. The molecule has 1 aromatic rings. The molecule has 2 rings (SSSR count). The molecule has 1 atom stereocenters. The lowest BCUT2D eigenvalue weighted by atomic mass is 10.0. The van der Waals surface area contributed by atoms with Crippen LogP contribution in [-0.2, 0) is 4.74 Å². The maximum absolute atomic E-state index is 13.1. The maximum Gasteiger partial charge on any atom is 0.192 e. The molecule has 0 bridgehead atoms. The third kappa shape index (κ3) is 2.44. The van der Waals surface area contributed by atoms with Crippen LogP contribution in [0.2, 0.25) is 0 Å². The summed E-state index contributed by atoms with van der Waals surface area (Å²) < 4.78 is 18.5. The van der Waals surface area contributed by atoms with Crippen LogP contribution in [0.3, 0.4) is 0 Å². The summed E-state index contributed by atoms with van der Waals surface area (Å²) in [5.41, 5.74) is 1.03. The van der Waals surface area contributed by atoms with Gasteiger partial charge in [0, 0.05) is 17.1 Å². The number of rotatable bonds is 2. The molecule has 0 radical (unpaired) electrons. The first-order chi connectivity index (χ1) is 7.68. The molecule has 86 valence electrons. The zero-order valence-electron chi connectivity index (χ0n) is 9.03. The molecular formula is C12H13FO2S. The van der Waals surface area contributed by atoms with Gasteiger partial charge in [0.2, 0.25) is 0 Å². The van der Waals surface area contributed by atoms with Crippen molar-refractivity contribution < 1.29 is 13.9 Å². The Morgan fingerprint density at radius 1 is 1.56 bits per heavy atom. The summed E-state index contributed by atoms with van der Waals surface area (Å²) in [7, 11) is 0. The normalized spacial score (nSPS) is 20.8. The van der Waals surface area contributed by atoms with E-state index >= 15 is 0 Å². The van der Waals surface area contributed by atoms with Gasteiger partial charge in [-0.25, -0.2) is 4.39 Å². The lowest BCUT2D eigenvalue weighted by Crippen LogP contribution is -2.31. The van der Waals surface area contributed by atoms with E-state index in [2.05, 4.69) is 0 Å². The summed E-state index contributed by atoms with van der Waals surface area (Å²) in [4.78, 5) is 12.0. The van der Waals surface area contributed by atoms with Crippen LogP contribution >= 0.6 is 11.8 Å². The molecule has 0 amide bonds. The summed E-state index contributed by atoms with van der Waals surface area (Å²) in [6.07, 6.45) is -0.372. The molecule has 16 heavy (non-hydrogen) atoms. The van der Waals surface area contributed by atoms with Crippen molar-refractivity contribution >= 4 is 17.5 Å². The Hall–Kier alpha value is -0.870. The first-order valence-corrected chi connectivity index (χ1v) is 6.33. The highest BCUT2D eigenvalue weighted by atomic mass is 32.2. The van der Waals surface area contributed by atoms with E-state index in [0.29, 0.717) is 23.5 Å². The highest BCUT2D eigenvalue weighted by Gasteiger charge is 2.23. The van der Waals surface area contributed by atoms with E-state index in [1.54, 1.807) is 24.8 Å². The summed E-state index contributed by atoms with van der Waals surface area (Å²) in [6, 6.07) is 4.44. The Morgan fingerprint density at radius 2 is 2.38 bits per heavy atom. The fourth-order valence-corrected chi connectivity index (χ4v) is 2.47. The first kappa shape index (κ1) is 11.6. The highest BCUT2D eigenvalue weighted by molar-refractivity contribution is 7.99. The summed E-state index contributed by atoms with van der Waals surface area (Å²) >= 11 is 1.71. The van der Waals surface area contributed by atoms with Crippen molar-refractivity contribution in [3.63, 3.8) is 0 Å². The minimum Gasteiger partial charge on any atom is -0.368 e. The molecular weight excluding hydrogens is 227 g/mol. The third-order valence-corrected chi connectivity index (χ3v) is 3.54. The number of ether oxygens (including phenoxy) is 1. The fraction of sp³-hybridized carbons (Fsp3) is 0.417. The summed E-state index contributed by atoms with van der Waals surface area (Å²) in [5, 5.41) is 0. The number of hydrogen-bond acceptors (Lipinski definition) is 3. The second kappa shape index (κ2) is 4.97. The zero-order valence-corrected chi connectivity index (χ0v) is 9.85. The SMILES string of the molecule is Cc1cc(C(=O)C2CSCCO2)ccc1F. The monoisotopic (exact) mass is 240 g/mol. The Labute approximate surface area is 98.2 Å². The van der Waals surface area contributed by atoms with Crippen molar-refractivity contribution in [1.29, 1.82) is 0 Å². The van der Waals surface area contributed by atoms with Crippen molar-refractivity contribution in [2.75, 3.05) is 18.1 Å². The zero-order chi connectivity index (χ0) is 11.5. The Bertz CT molecular complexity index is 400. The minimum atomic E-state index is -0.372. The Kier molecular flexibility index (Phi) is 3.61. The average molecular weight is 240 g/mol. The van der Waals surface area contributed by atoms with Gasteiger partial charge in [0.25, 0.3) is 0 Å². The van der Waals surface area contributed by atoms with Crippen LogP contribution in [0.4, 0.5) is 4.39 Å². The van der Waals surface area contributed by atoms with Gasteiger partial charge in [-0.15, -0.1) is 0 Å². The molecule has 2 nitrogen and oxygen atoms in total. The number of hydrogen-bond donors (Lipinski definition) is 0. The smallest absolute Gasteiger partial charge is 0.192 e. The van der Waals surface area contributed by atoms with Crippen molar-refractivity contribution in [3.8, 4) is 0 Å². The third-order valence-electron chi connectivity index (χ3n) is 2.55. The Morgan fingerprint density at radius 3 is 3.00 bits per heavy atom. The summed E-state index contributed by atoms with van der Waals surface area (Å²) in [5.74, 6) is 1.30. The van der Waals surface area contributed by atoms with E-state index in [1.165, 1.54) is 12.1 Å². The average Bonchev–Trinajstić information content (AvgIpc) is 2.33. The minimum absolute atomic E-state index is 0.0460. The van der Waals surface area contributed by atoms with Gasteiger partial charge in [-0.05, 0) is 30.7 Å². The molecule has 1 aromatic carbocycles. The van der Waals surface area contributed by atoms with Gasteiger partial charge in [0.05, 0.1) is 6.61 Å². The molecule has 0 aliphatic carbocycles. The van der Waals surface area contributed by atoms with Gasteiger partial charge in [-0.1, -0.05) is 0 Å². The number of ketones is 1. The van der Waals surface area contributed by atoms with E-state index in [4.69, 9.17) is 4.74 Å². The van der Waals surface area contributed by atoms with Crippen LogP contribution < -0.4 is 0 Å². The number of carbonyl (C=O) groups is 1. The lowest BCUT2D eigenvalue weighted by molar-refractivity contribution is 0.0518. The van der Waals surface area contributed by atoms with E-state index in [9.17, 15) is 9.18 Å². The molecule has 1 aliphatic rings. The van der Waals surface area contributed by atoms with Crippen LogP contribution in [-0.4, -0.2) is 30.0 Å². The van der Waals surface area contributed by atoms with Crippen LogP contribution in [0.15, 0.2) is 18.2 Å². The van der Waals surface area contributed by atoms with Gasteiger partial charge in [0.1, 0.15) is 11.9 Å². The second-order valence-corrected chi connectivity index (χ2v) is 4.91. The maximum atomic E-state index is 13.1. The largest absolute Gasteiger partial charge is 0.368 e. The van der Waals surface area contributed by atoms with Crippen molar-refractivity contribution in [3.05, 3.63) is 35.1 Å². The number of halogens is 1. The predicted octanol–water partition coefficient (Wildman–Crippen LogP) is 2.45. The molecule has 1 heterocycles. The molecule has 0 aromatic heterocycles. The standard InChI is InChI=1S/C12H13FO2S/c1-8-6-9(2-3-10(8)13)12(14)11-7-16-5-4-15-11/h2-3,6,11H,4-5,7H2,1H3. The molecule has 0 spiro atoms. The number of thioether (sulfide) groups is 1. The van der Waals surface area contributed by atoms with Gasteiger partial charge < -0.3 is 4.74 Å². The molecule has 1 fully saturated rings. The van der Waals surface area contributed by atoms with Gasteiger partial charge in [0.15, 0.2) is 5.78 Å². The van der Waals surface area contributed by atoms with Crippen molar-refractivity contribution in [2.45, 2.75) is 13.0 Å². The summed E-state index contributed by atoms with van der Waals surface area (Å²) in [6.45, 7) is 2.27. The first-order valence-electron chi connectivity index (χ1n) is 5.18. The molecule has 4 heteroatoms. The van der Waals surface area contributed by atoms with E-state index in [1.807, 2.05) is 0 Å². The number of carbonyl (C=O) groups excluding carboxylic acids is 1. The van der Waals surface area contributed by atoms with Crippen LogP contribution in [0.1, 0.15) is 15.9 Å². The van der Waals surface area contributed by atoms with Crippen molar-refractivity contribution in [1.82, 2.24) is 0 Å². The van der Waals surface area contributed by atoms with Gasteiger partial charge in [-0.3, -0.25) is 4.79 Å². The highest BCUT2D eigenvalue weighted by Crippen LogP contribution is 2.18. The fourth-order valence-electron chi connectivity index (χ4n) is 1.62. The van der Waals surface area contributed by atoms with Gasteiger partial charge in [-0.2, -0.15) is 11.8 Å². The molecule has 1 unspecified atom stereocenters. The van der Waals surface area contributed by atoms with Crippen molar-refractivity contribution in [2.24, 2.45) is 0 Å². The van der Waals surface area contributed by atoms with Gasteiger partial charge >= 0.3 is 0 Å². The number of Topliss-reactive ketones (excluding diaryl/α,β-unsaturated/α-hetero) is 1. The molecule has 1 aliphatic heterocycles. The molecule has 0 N–H and O–H groups in total.